The lowest BCUT2D eigenvalue weighted by molar-refractivity contribution is 0.203. The zero-order valence-corrected chi connectivity index (χ0v) is 19.2. The predicted molar refractivity (Wildman–Crippen MR) is 133 cm³/mol. The summed E-state index contributed by atoms with van der Waals surface area (Å²) >= 11 is 0. The van der Waals surface area contributed by atoms with E-state index in [2.05, 4.69) is 25.6 Å². The highest BCUT2D eigenvalue weighted by Crippen LogP contribution is 2.23. The quantitative estimate of drug-likeness (QED) is 0.233. The number of nitrogens with zero attached hydrogens (tertiary/aromatic N) is 4. The van der Waals surface area contributed by atoms with Crippen LogP contribution in [0.1, 0.15) is 11.1 Å². The van der Waals surface area contributed by atoms with Gasteiger partial charge in [-0.3, -0.25) is 4.40 Å². The fourth-order valence-corrected chi connectivity index (χ4v) is 3.43. The zero-order chi connectivity index (χ0) is 23.8. The minimum atomic E-state index is 0.608. The van der Waals surface area contributed by atoms with Gasteiger partial charge in [-0.05, 0) is 17.2 Å². The van der Waals surface area contributed by atoms with Crippen LogP contribution in [0.15, 0.2) is 67.4 Å². The number of anilines is 1. The van der Waals surface area contributed by atoms with E-state index in [-0.39, 0.29) is 0 Å². The Balaban J connectivity index is 1.43. The van der Waals surface area contributed by atoms with E-state index in [1.165, 1.54) is 6.21 Å². The van der Waals surface area contributed by atoms with Crippen molar-refractivity contribution >= 4 is 23.3 Å². The fourth-order valence-electron chi connectivity index (χ4n) is 3.43. The lowest BCUT2D eigenvalue weighted by Crippen LogP contribution is -2.13. The molecular weight excluding hydrogens is 430 g/mol. The molecule has 9 heteroatoms. The molecule has 0 atom stereocenters. The highest BCUT2D eigenvalue weighted by molar-refractivity contribution is 6.08. The number of aromatic nitrogens is 4. The average molecular weight is 458 g/mol. The summed E-state index contributed by atoms with van der Waals surface area (Å²) in [5, 5.41) is 14.2. The lowest BCUT2D eigenvalue weighted by atomic mass is 10.1. The number of benzene rings is 1. The maximum atomic E-state index is 7.67. The Labute approximate surface area is 198 Å². The number of imidazole rings is 1. The van der Waals surface area contributed by atoms with E-state index in [0.29, 0.717) is 19.7 Å². The molecule has 4 aromatic rings. The molecule has 0 saturated heterocycles. The van der Waals surface area contributed by atoms with Gasteiger partial charge >= 0.3 is 0 Å². The van der Waals surface area contributed by atoms with Crippen LogP contribution in [0.3, 0.4) is 0 Å². The van der Waals surface area contributed by atoms with E-state index in [4.69, 9.17) is 14.9 Å². The molecule has 0 spiro atoms. The van der Waals surface area contributed by atoms with Crippen molar-refractivity contribution in [3.05, 3.63) is 78.5 Å². The molecule has 4 rings (SSSR count). The number of ether oxygens (including phenoxy) is 2. The summed E-state index contributed by atoms with van der Waals surface area (Å²) in [5.41, 5.74) is 5.31. The second kappa shape index (κ2) is 11.1. The van der Waals surface area contributed by atoms with Gasteiger partial charge in [-0.15, -0.1) is 0 Å². The molecule has 3 N–H and O–H groups in total. The Hall–Kier alpha value is -4.24. The van der Waals surface area contributed by atoms with Crippen molar-refractivity contribution in [2.24, 2.45) is 0 Å². The minimum absolute atomic E-state index is 0.608. The first-order valence-corrected chi connectivity index (χ1v) is 10.8. The van der Waals surface area contributed by atoms with Gasteiger partial charge in [0.25, 0.3) is 0 Å². The summed E-state index contributed by atoms with van der Waals surface area (Å²) < 4.78 is 12.3. The highest BCUT2D eigenvalue weighted by atomic mass is 16.5. The van der Waals surface area contributed by atoms with Gasteiger partial charge in [0.15, 0.2) is 0 Å². The topological polar surface area (TPSA) is 109 Å². The second-order valence-corrected chi connectivity index (χ2v) is 7.47. The summed E-state index contributed by atoms with van der Waals surface area (Å²) in [4.78, 5) is 13.2. The molecule has 0 unspecified atom stereocenters. The number of hydrogen-bond donors (Lipinski definition) is 3. The van der Waals surface area contributed by atoms with Crippen LogP contribution >= 0.6 is 0 Å². The summed E-state index contributed by atoms with van der Waals surface area (Å²) in [6.45, 7) is 1.92. The SMILES string of the molecule is COCCN/C=C(\C=N)c1ccc(CNc2cc(-c3cnc4cc(OC)ccn34)ncn2)cc1. The number of hydrogen-bond acceptors (Lipinski definition) is 8. The first-order chi connectivity index (χ1) is 16.7. The van der Waals surface area contributed by atoms with Crippen LogP contribution < -0.4 is 15.4 Å². The molecule has 3 aromatic heterocycles. The van der Waals surface area contributed by atoms with Crippen molar-refractivity contribution in [3.63, 3.8) is 0 Å². The molecule has 174 valence electrons. The van der Waals surface area contributed by atoms with Gasteiger partial charge in [-0.2, -0.15) is 0 Å². The van der Waals surface area contributed by atoms with E-state index in [0.717, 1.165) is 45.3 Å². The molecule has 0 aliphatic rings. The summed E-state index contributed by atoms with van der Waals surface area (Å²) in [7, 11) is 3.30. The van der Waals surface area contributed by atoms with Gasteiger partial charge in [0.2, 0.25) is 0 Å². The Kier molecular flexibility index (Phi) is 7.46. The van der Waals surface area contributed by atoms with Gasteiger partial charge in [0, 0.05) is 56.5 Å². The molecule has 34 heavy (non-hydrogen) atoms. The third kappa shape index (κ3) is 5.38. The molecular formula is C25H27N7O2. The van der Waals surface area contributed by atoms with Crippen LogP contribution in [0.2, 0.25) is 0 Å². The van der Waals surface area contributed by atoms with Gasteiger partial charge in [-0.25, -0.2) is 15.0 Å². The predicted octanol–water partition coefficient (Wildman–Crippen LogP) is 3.64. The minimum Gasteiger partial charge on any atom is -0.497 e. The molecule has 0 fully saturated rings. The Morgan fingerprint density at radius 3 is 2.71 bits per heavy atom. The smallest absolute Gasteiger partial charge is 0.140 e. The van der Waals surface area contributed by atoms with E-state index in [1.54, 1.807) is 26.7 Å². The lowest BCUT2D eigenvalue weighted by Gasteiger charge is -2.09. The largest absolute Gasteiger partial charge is 0.497 e. The maximum absolute atomic E-state index is 7.67. The summed E-state index contributed by atoms with van der Waals surface area (Å²) in [6, 6.07) is 13.8. The third-order valence-electron chi connectivity index (χ3n) is 5.27. The Morgan fingerprint density at radius 1 is 1.09 bits per heavy atom. The van der Waals surface area contributed by atoms with Crippen LogP contribution in [0.25, 0.3) is 22.6 Å². The van der Waals surface area contributed by atoms with Crippen molar-refractivity contribution in [1.82, 2.24) is 24.7 Å². The number of pyridine rings is 1. The van der Waals surface area contributed by atoms with Crippen molar-refractivity contribution in [1.29, 1.82) is 5.41 Å². The van der Waals surface area contributed by atoms with Crippen molar-refractivity contribution < 1.29 is 9.47 Å². The molecule has 9 nitrogen and oxygen atoms in total. The fraction of sp³-hybridized carbons (Fsp3) is 0.200. The molecule has 3 heterocycles. The molecule has 0 radical (unpaired) electrons. The molecule has 0 saturated carbocycles. The van der Waals surface area contributed by atoms with Crippen molar-refractivity contribution in [2.45, 2.75) is 6.54 Å². The molecule has 0 aliphatic carbocycles. The van der Waals surface area contributed by atoms with Crippen LogP contribution in [-0.4, -0.2) is 52.9 Å². The molecule has 0 aliphatic heterocycles. The number of allylic oxidation sites excluding steroid dienone is 1. The molecule has 0 bridgehead atoms. The maximum Gasteiger partial charge on any atom is 0.140 e. The van der Waals surface area contributed by atoms with Gasteiger partial charge in [-0.1, -0.05) is 24.3 Å². The van der Waals surface area contributed by atoms with Crippen LogP contribution in [-0.2, 0) is 11.3 Å². The number of fused-ring (bicyclic) bond motifs is 1. The number of rotatable bonds is 11. The van der Waals surface area contributed by atoms with Crippen molar-refractivity contribution in [2.75, 3.05) is 32.7 Å². The molecule has 0 amide bonds. The van der Waals surface area contributed by atoms with Gasteiger partial charge in [0.1, 0.15) is 23.5 Å². The average Bonchev–Trinajstić information content (AvgIpc) is 3.31. The van der Waals surface area contributed by atoms with Crippen LogP contribution in [0, 0.1) is 5.41 Å². The van der Waals surface area contributed by atoms with Crippen LogP contribution in [0.4, 0.5) is 5.82 Å². The Morgan fingerprint density at radius 2 is 1.94 bits per heavy atom. The van der Waals surface area contributed by atoms with E-state index in [9.17, 15) is 0 Å². The molecule has 1 aromatic carbocycles. The van der Waals surface area contributed by atoms with Crippen LogP contribution in [0.5, 0.6) is 5.75 Å². The standard InChI is InChI=1S/C25H27N7O2/c1-33-10-8-27-15-20(13-26)19-5-3-18(4-6-19)14-28-24-12-22(30-17-31-24)23-16-29-25-11-21(34-2)7-9-32(23)25/h3-7,9,11-13,15-17,26-27H,8,10,14H2,1-2H3,(H,28,30,31)/b20-15+,26-13?. The Bertz CT molecular complexity index is 1280. The first-order valence-electron chi connectivity index (χ1n) is 10.8. The third-order valence-corrected chi connectivity index (χ3v) is 5.27. The van der Waals surface area contributed by atoms with Crippen molar-refractivity contribution in [3.8, 4) is 17.1 Å². The van der Waals surface area contributed by atoms with Gasteiger partial charge in [0.05, 0.1) is 31.3 Å². The monoisotopic (exact) mass is 457 g/mol. The van der Waals surface area contributed by atoms with E-state index in [1.807, 2.05) is 59.3 Å². The highest BCUT2D eigenvalue weighted by Gasteiger charge is 2.09. The second-order valence-electron chi connectivity index (χ2n) is 7.47. The first kappa shape index (κ1) is 22.9. The number of nitrogens with one attached hydrogen (secondary N) is 3. The summed E-state index contributed by atoms with van der Waals surface area (Å²) in [5.74, 6) is 1.48. The van der Waals surface area contributed by atoms with E-state index < -0.39 is 0 Å². The number of methoxy groups -OCH3 is 2. The summed E-state index contributed by atoms with van der Waals surface area (Å²) in [6.07, 6.45) is 8.42. The van der Waals surface area contributed by atoms with Gasteiger partial charge < -0.3 is 25.5 Å². The van der Waals surface area contributed by atoms with E-state index >= 15 is 0 Å². The zero-order valence-electron chi connectivity index (χ0n) is 19.2. The normalized spacial score (nSPS) is 11.4.